The van der Waals surface area contributed by atoms with Crippen molar-refractivity contribution >= 4 is 0 Å². The predicted molar refractivity (Wildman–Crippen MR) is 50.4 cm³/mol. The molecule has 1 atom stereocenters. The molecule has 0 aliphatic heterocycles. The molecule has 0 aliphatic carbocycles. The number of aliphatic hydroxyl groups is 1. The molecule has 1 N–H and O–H groups in total. The number of aromatic nitrogens is 1. The molecule has 0 fully saturated rings. The standard InChI is InChI=1S/C10H15NO2/c1-10(12,8-13-2)7-9-5-3-4-6-11-9/h3-6,12H,7-8H2,1-2H3. The Morgan fingerprint density at radius 2 is 2.31 bits per heavy atom. The highest BCUT2D eigenvalue weighted by atomic mass is 16.5. The van der Waals surface area contributed by atoms with E-state index in [-0.39, 0.29) is 0 Å². The topological polar surface area (TPSA) is 42.4 Å². The Hall–Kier alpha value is -0.930. The molecule has 1 aromatic rings. The first-order valence-corrected chi connectivity index (χ1v) is 4.25. The van der Waals surface area contributed by atoms with Crippen molar-refractivity contribution in [2.75, 3.05) is 13.7 Å². The Morgan fingerprint density at radius 3 is 2.85 bits per heavy atom. The van der Waals surface area contributed by atoms with E-state index in [0.29, 0.717) is 13.0 Å². The van der Waals surface area contributed by atoms with Gasteiger partial charge in [0.05, 0.1) is 12.2 Å². The second kappa shape index (κ2) is 4.35. The summed E-state index contributed by atoms with van der Waals surface area (Å²) in [6, 6.07) is 5.66. The predicted octanol–water partition coefficient (Wildman–Crippen LogP) is 1.02. The molecule has 1 heterocycles. The third-order valence-electron chi connectivity index (χ3n) is 1.74. The molecular weight excluding hydrogens is 166 g/mol. The highest BCUT2D eigenvalue weighted by Gasteiger charge is 2.20. The molecule has 3 nitrogen and oxygen atoms in total. The zero-order valence-electron chi connectivity index (χ0n) is 8.03. The molecule has 72 valence electrons. The first-order chi connectivity index (χ1) is 6.14. The monoisotopic (exact) mass is 181 g/mol. The van der Waals surface area contributed by atoms with Crippen LogP contribution >= 0.6 is 0 Å². The summed E-state index contributed by atoms with van der Waals surface area (Å²) in [6.45, 7) is 2.06. The molecule has 0 bridgehead atoms. The van der Waals surface area contributed by atoms with Crippen LogP contribution < -0.4 is 0 Å². The average Bonchev–Trinajstić information content (AvgIpc) is 2.04. The van der Waals surface area contributed by atoms with Crippen LogP contribution in [0.2, 0.25) is 0 Å². The second-order valence-corrected chi connectivity index (χ2v) is 3.43. The number of hydrogen-bond donors (Lipinski definition) is 1. The lowest BCUT2D eigenvalue weighted by atomic mass is 10.0. The van der Waals surface area contributed by atoms with Gasteiger partial charge in [-0.15, -0.1) is 0 Å². The third-order valence-corrected chi connectivity index (χ3v) is 1.74. The van der Waals surface area contributed by atoms with Gasteiger partial charge in [0.1, 0.15) is 0 Å². The van der Waals surface area contributed by atoms with Crippen LogP contribution in [-0.2, 0) is 11.2 Å². The lowest BCUT2D eigenvalue weighted by Crippen LogP contribution is -2.33. The van der Waals surface area contributed by atoms with Gasteiger partial charge in [-0.2, -0.15) is 0 Å². The molecule has 0 aliphatic rings. The van der Waals surface area contributed by atoms with Crippen LogP contribution in [0.25, 0.3) is 0 Å². The Morgan fingerprint density at radius 1 is 1.54 bits per heavy atom. The highest BCUT2D eigenvalue weighted by Crippen LogP contribution is 2.10. The molecule has 1 unspecified atom stereocenters. The maximum absolute atomic E-state index is 9.80. The number of hydrogen-bond acceptors (Lipinski definition) is 3. The van der Waals surface area contributed by atoms with Crippen LogP contribution in [0.4, 0.5) is 0 Å². The Labute approximate surface area is 78.4 Å². The van der Waals surface area contributed by atoms with E-state index in [1.807, 2.05) is 18.2 Å². The SMILES string of the molecule is COCC(C)(O)Cc1ccccn1. The summed E-state index contributed by atoms with van der Waals surface area (Å²) in [5.74, 6) is 0. The number of ether oxygens (including phenoxy) is 1. The van der Waals surface area contributed by atoms with Gasteiger partial charge in [-0.25, -0.2) is 0 Å². The summed E-state index contributed by atoms with van der Waals surface area (Å²) in [5, 5.41) is 9.80. The first kappa shape index (κ1) is 10.2. The smallest absolute Gasteiger partial charge is 0.0907 e. The highest BCUT2D eigenvalue weighted by molar-refractivity contribution is 5.06. The number of rotatable bonds is 4. The van der Waals surface area contributed by atoms with Gasteiger partial charge in [-0.05, 0) is 19.1 Å². The largest absolute Gasteiger partial charge is 0.387 e. The quantitative estimate of drug-likeness (QED) is 0.754. The van der Waals surface area contributed by atoms with Crippen LogP contribution in [0.5, 0.6) is 0 Å². The van der Waals surface area contributed by atoms with Crippen LogP contribution in [0, 0.1) is 0 Å². The molecular formula is C10H15NO2. The summed E-state index contributed by atoms with van der Waals surface area (Å²) in [7, 11) is 1.58. The Balaban J connectivity index is 2.58. The Bertz CT molecular complexity index is 246. The first-order valence-electron chi connectivity index (χ1n) is 4.25. The van der Waals surface area contributed by atoms with E-state index in [2.05, 4.69) is 4.98 Å². The third kappa shape index (κ3) is 3.53. The van der Waals surface area contributed by atoms with Gasteiger partial charge < -0.3 is 9.84 Å². The van der Waals surface area contributed by atoms with E-state index < -0.39 is 5.60 Å². The summed E-state index contributed by atoms with van der Waals surface area (Å²) in [4.78, 5) is 4.13. The minimum atomic E-state index is -0.830. The van der Waals surface area contributed by atoms with E-state index in [4.69, 9.17) is 4.74 Å². The van der Waals surface area contributed by atoms with Crippen LogP contribution in [-0.4, -0.2) is 29.4 Å². The molecule has 0 aromatic carbocycles. The van der Waals surface area contributed by atoms with Crippen molar-refractivity contribution in [2.45, 2.75) is 18.9 Å². The summed E-state index contributed by atoms with van der Waals surface area (Å²) in [6.07, 6.45) is 2.24. The van der Waals surface area contributed by atoms with Gasteiger partial charge in [0.2, 0.25) is 0 Å². The fourth-order valence-corrected chi connectivity index (χ4v) is 1.25. The van der Waals surface area contributed by atoms with Crippen molar-refractivity contribution < 1.29 is 9.84 Å². The molecule has 1 aromatic heterocycles. The van der Waals surface area contributed by atoms with Crippen molar-refractivity contribution in [3.05, 3.63) is 30.1 Å². The van der Waals surface area contributed by atoms with Gasteiger partial charge in [0.25, 0.3) is 0 Å². The summed E-state index contributed by atoms with van der Waals surface area (Å²) < 4.78 is 4.90. The molecule has 0 saturated carbocycles. The number of pyridine rings is 1. The fraction of sp³-hybridized carbons (Fsp3) is 0.500. The molecule has 0 saturated heterocycles. The van der Waals surface area contributed by atoms with E-state index in [1.165, 1.54) is 0 Å². The van der Waals surface area contributed by atoms with Crippen LogP contribution in [0.3, 0.4) is 0 Å². The van der Waals surface area contributed by atoms with E-state index in [1.54, 1.807) is 20.2 Å². The lowest BCUT2D eigenvalue weighted by molar-refractivity contribution is -0.0167. The normalized spacial score (nSPS) is 15.3. The minimum Gasteiger partial charge on any atom is -0.387 e. The number of nitrogens with zero attached hydrogens (tertiary/aromatic N) is 1. The zero-order chi connectivity index (χ0) is 9.73. The minimum absolute atomic E-state index is 0.323. The van der Waals surface area contributed by atoms with Crippen LogP contribution in [0.1, 0.15) is 12.6 Å². The van der Waals surface area contributed by atoms with Crippen LogP contribution in [0.15, 0.2) is 24.4 Å². The van der Waals surface area contributed by atoms with Gasteiger partial charge in [0.15, 0.2) is 0 Å². The van der Waals surface area contributed by atoms with Crippen molar-refractivity contribution in [1.82, 2.24) is 4.98 Å². The molecule has 0 amide bonds. The van der Waals surface area contributed by atoms with Gasteiger partial charge >= 0.3 is 0 Å². The van der Waals surface area contributed by atoms with E-state index in [0.717, 1.165) is 5.69 Å². The molecule has 0 radical (unpaired) electrons. The van der Waals surface area contributed by atoms with E-state index >= 15 is 0 Å². The lowest BCUT2D eigenvalue weighted by Gasteiger charge is -2.21. The average molecular weight is 181 g/mol. The van der Waals surface area contributed by atoms with Gasteiger partial charge in [0, 0.05) is 25.4 Å². The zero-order valence-corrected chi connectivity index (χ0v) is 8.03. The molecule has 13 heavy (non-hydrogen) atoms. The maximum atomic E-state index is 9.80. The number of methoxy groups -OCH3 is 1. The van der Waals surface area contributed by atoms with Crippen molar-refractivity contribution in [3.8, 4) is 0 Å². The fourth-order valence-electron chi connectivity index (χ4n) is 1.25. The maximum Gasteiger partial charge on any atom is 0.0907 e. The summed E-state index contributed by atoms with van der Waals surface area (Å²) >= 11 is 0. The van der Waals surface area contributed by atoms with Crippen molar-refractivity contribution in [1.29, 1.82) is 0 Å². The molecule has 1 rings (SSSR count). The van der Waals surface area contributed by atoms with E-state index in [9.17, 15) is 5.11 Å². The van der Waals surface area contributed by atoms with Gasteiger partial charge in [-0.3, -0.25) is 4.98 Å². The van der Waals surface area contributed by atoms with Crippen molar-refractivity contribution in [2.24, 2.45) is 0 Å². The van der Waals surface area contributed by atoms with Gasteiger partial charge in [-0.1, -0.05) is 6.07 Å². The summed E-state index contributed by atoms with van der Waals surface area (Å²) in [5.41, 5.74) is 0.0490. The Kier molecular flexibility index (Phi) is 3.39. The van der Waals surface area contributed by atoms with Crippen molar-refractivity contribution in [3.63, 3.8) is 0 Å². The second-order valence-electron chi connectivity index (χ2n) is 3.43. The molecule has 3 heteroatoms. The molecule has 0 spiro atoms.